The Morgan fingerprint density at radius 1 is 1.35 bits per heavy atom. The van der Waals surface area contributed by atoms with Gasteiger partial charge < -0.3 is 9.64 Å². The number of nitrogens with zero attached hydrogens (tertiary/aromatic N) is 3. The molecule has 0 fully saturated rings. The van der Waals surface area contributed by atoms with Gasteiger partial charge in [0.1, 0.15) is 18.9 Å². The number of alkyl halides is 3. The third-order valence-corrected chi connectivity index (χ3v) is 3.52. The Morgan fingerprint density at radius 3 is 2.78 bits per heavy atom. The van der Waals surface area contributed by atoms with Gasteiger partial charge in [-0.05, 0) is 31.2 Å². The molecule has 1 aromatic heterocycles. The molecule has 0 bridgehead atoms. The zero-order valence-electron chi connectivity index (χ0n) is 12.3. The predicted octanol–water partition coefficient (Wildman–Crippen LogP) is 2.64. The van der Waals surface area contributed by atoms with E-state index in [0.717, 1.165) is 17.8 Å². The number of anilines is 1. The normalized spacial score (nSPS) is 14.3. The van der Waals surface area contributed by atoms with E-state index in [-0.39, 0.29) is 37.0 Å². The molecule has 0 unspecified atom stereocenters. The van der Waals surface area contributed by atoms with Crippen LogP contribution in [0.3, 0.4) is 0 Å². The quantitative estimate of drug-likeness (QED) is 0.853. The number of aryl methyl sites for hydroxylation is 1. The van der Waals surface area contributed by atoms with E-state index in [4.69, 9.17) is 4.74 Å². The van der Waals surface area contributed by atoms with Gasteiger partial charge in [-0.25, -0.2) is 0 Å². The maximum Gasteiger partial charge on any atom is 0.416 e. The van der Waals surface area contributed by atoms with Crippen molar-refractivity contribution in [3.05, 3.63) is 41.7 Å². The number of ether oxygens (including phenoxy) is 1. The number of carbonyl (C=O) groups excluding carboxylic acids is 1. The number of aromatic nitrogens is 2. The standard InChI is InChI=1S/C15H14F3N3O2/c1-10-4-5-20(19-10)9-14(22)21-6-7-23-13-3-2-11(8-12(13)21)15(16,17)18/h2-5,8H,6-7,9H2,1H3. The summed E-state index contributed by atoms with van der Waals surface area (Å²) in [6.07, 6.45) is -2.82. The van der Waals surface area contributed by atoms with Crippen molar-refractivity contribution < 1.29 is 22.7 Å². The number of hydrogen-bond donors (Lipinski definition) is 0. The molecule has 0 N–H and O–H groups in total. The molecule has 3 rings (SSSR count). The van der Waals surface area contributed by atoms with E-state index in [0.29, 0.717) is 0 Å². The number of halogens is 3. The first kappa shape index (κ1) is 15.4. The molecule has 0 radical (unpaired) electrons. The third-order valence-electron chi connectivity index (χ3n) is 3.52. The van der Waals surface area contributed by atoms with E-state index < -0.39 is 11.7 Å². The number of fused-ring (bicyclic) bond motifs is 1. The lowest BCUT2D eigenvalue weighted by atomic mass is 10.1. The summed E-state index contributed by atoms with van der Waals surface area (Å²) < 4.78 is 45.4. The Morgan fingerprint density at radius 2 is 2.13 bits per heavy atom. The topological polar surface area (TPSA) is 47.4 Å². The molecule has 5 nitrogen and oxygen atoms in total. The maximum atomic E-state index is 12.9. The van der Waals surface area contributed by atoms with Gasteiger partial charge in [0.25, 0.3) is 0 Å². The van der Waals surface area contributed by atoms with Gasteiger partial charge in [0.05, 0.1) is 23.5 Å². The summed E-state index contributed by atoms with van der Waals surface area (Å²) >= 11 is 0. The van der Waals surface area contributed by atoms with Gasteiger partial charge in [-0.2, -0.15) is 18.3 Å². The molecule has 0 spiro atoms. The van der Waals surface area contributed by atoms with Crippen LogP contribution in [0.4, 0.5) is 18.9 Å². The van der Waals surface area contributed by atoms with Crippen LogP contribution in [-0.2, 0) is 17.5 Å². The number of benzene rings is 1. The fourth-order valence-electron chi connectivity index (χ4n) is 2.43. The Bertz CT molecular complexity index is 740. The highest BCUT2D eigenvalue weighted by molar-refractivity contribution is 5.95. The van der Waals surface area contributed by atoms with E-state index in [1.165, 1.54) is 15.6 Å². The minimum Gasteiger partial charge on any atom is -0.490 e. The zero-order chi connectivity index (χ0) is 16.6. The summed E-state index contributed by atoms with van der Waals surface area (Å²) in [6.45, 7) is 2.19. The Labute approximate surface area is 130 Å². The Balaban J connectivity index is 1.89. The molecule has 2 heterocycles. The predicted molar refractivity (Wildman–Crippen MR) is 76.3 cm³/mol. The lowest BCUT2D eigenvalue weighted by Crippen LogP contribution is -2.40. The van der Waals surface area contributed by atoms with E-state index >= 15 is 0 Å². The van der Waals surface area contributed by atoms with Gasteiger partial charge in [-0.3, -0.25) is 9.48 Å². The van der Waals surface area contributed by atoms with Gasteiger partial charge in [0.2, 0.25) is 5.91 Å². The summed E-state index contributed by atoms with van der Waals surface area (Å²) in [6, 6.07) is 4.89. The summed E-state index contributed by atoms with van der Waals surface area (Å²) in [5.41, 5.74) is 0.0916. The van der Waals surface area contributed by atoms with Crippen molar-refractivity contribution in [3.8, 4) is 5.75 Å². The van der Waals surface area contributed by atoms with E-state index in [2.05, 4.69) is 5.10 Å². The van der Waals surface area contributed by atoms with Crippen LogP contribution in [0, 0.1) is 6.92 Å². The fourth-order valence-corrected chi connectivity index (χ4v) is 2.43. The van der Waals surface area contributed by atoms with Crippen LogP contribution in [0.1, 0.15) is 11.3 Å². The van der Waals surface area contributed by atoms with E-state index in [1.54, 1.807) is 19.2 Å². The van der Waals surface area contributed by atoms with E-state index in [9.17, 15) is 18.0 Å². The summed E-state index contributed by atoms with van der Waals surface area (Å²) in [4.78, 5) is 13.7. The van der Waals surface area contributed by atoms with Crippen molar-refractivity contribution in [1.29, 1.82) is 0 Å². The second-order valence-electron chi connectivity index (χ2n) is 5.23. The second-order valence-corrected chi connectivity index (χ2v) is 5.23. The molecule has 0 aliphatic carbocycles. The molecule has 1 amide bonds. The second kappa shape index (κ2) is 5.60. The highest BCUT2D eigenvalue weighted by Crippen LogP contribution is 2.38. The van der Waals surface area contributed by atoms with Crippen LogP contribution in [0.5, 0.6) is 5.75 Å². The number of carbonyl (C=O) groups is 1. The van der Waals surface area contributed by atoms with Crippen LogP contribution in [0.25, 0.3) is 0 Å². The minimum atomic E-state index is -4.47. The van der Waals surface area contributed by atoms with Gasteiger partial charge in [-0.15, -0.1) is 0 Å². The van der Waals surface area contributed by atoms with Gasteiger partial charge in [0.15, 0.2) is 0 Å². The first-order chi connectivity index (χ1) is 10.8. The van der Waals surface area contributed by atoms with Crippen LogP contribution < -0.4 is 9.64 Å². The van der Waals surface area contributed by atoms with Gasteiger partial charge in [-0.1, -0.05) is 0 Å². The summed E-state index contributed by atoms with van der Waals surface area (Å²) in [5, 5.41) is 4.12. The SMILES string of the molecule is Cc1ccn(CC(=O)N2CCOc3ccc(C(F)(F)F)cc32)n1. The van der Waals surface area contributed by atoms with Crippen molar-refractivity contribution in [1.82, 2.24) is 9.78 Å². The van der Waals surface area contributed by atoms with Gasteiger partial charge in [0, 0.05) is 6.20 Å². The smallest absolute Gasteiger partial charge is 0.416 e. The highest BCUT2D eigenvalue weighted by Gasteiger charge is 2.33. The molecular formula is C15H14F3N3O2. The summed E-state index contributed by atoms with van der Waals surface area (Å²) in [7, 11) is 0. The average molecular weight is 325 g/mol. The molecule has 0 atom stereocenters. The number of amides is 1. The molecule has 0 saturated heterocycles. The van der Waals surface area contributed by atoms with Gasteiger partial charge >= 0.3 is 6.18 Å². The average Bonchev–Trinajstić information content (AvgIpc) is 2.90. The molecule has 1 aromatic carbocycles. The van der Waals surface area contributed by atoms with Crippen molar-refractivity contribution in [2.45, 2.75) is 19.6 Å². The molecule has 0 saturated carbocycles. The van der Waals surface area contributed by atoms with E-state index in [1.807, 2.05) is 0 Å². The molecule has 1 aliphatic rings. The van der Waals surface area contributed by atoms with Crippen molar-refractivity contribution in [3.63, 3.8) is 0 Å². The highest BCUT2D eigenvalue weighted by atomic mass is 19.4. The third kappa shape index (κ3) is 3.15. The Kier molecular flexibility index (Phi) is 3.75. The van der Waals surface area contributed by atoms with Crippen LogP contribution in [0.15, 0.2) is 30.5 Å². The maximum absolute atomic E-state index is 12.9. The minimum absolute atomic E-state index is 0.0382. The largest absolute Gasteiger partial charge is 0.490 e. The molecule has 1 aliphatic heterocycles. The fraction of sp³-hybridized carbons (Fsp3) is 0.333. The number of hydrogen-bond acceptors (Lipinski definition) is 3. The van der Waals surface area contributed by atoms with Crippen LogP contribution in [0.2, 0.25) is 0 Å². The lowest BCUT2D eigenvalue weighted by Gasteiger charge is -2.30. The van der Waals surface area contributed by atoms with Crippen molar-refractivity contribution in [2.75, 3.05) is 18.1 Å². The lowest BCUT2D eigenvalue weighted by molar-refractivity contribution is -0.137. The zero-order valence-corrected chi connectivity index (χ0v) is 12.3. The number of rotatable bonds is 2. The van der Waals surface area contributed by atoms with Crippen LogP contribution in [-0.4, -0.2) is 28.8 Å². The van der Waals surface area contributed by atoms with Crippen LogP contribution >= 0.6 is 0 Å². The molecule has 122 valence electrons. The monoisotopic (exact) mass is 325 g/mol. The first-order valence-corrected chi connectivity index (χ1v) is 6.99. The molecule has 8 heteroatoms. The van der Waals surface area contributed by atoms with Crippen molar-refractivity contribution in [2.24, 2.45) is 0 Å². The summed E-state index contributed by atoms with van der Waals surface area (Å²) in [5.74, 6) is -0.0637. The first-order valence-electron chi connectivity index (χ1n) is 6.99. The van der Waals surface area contributed by atoms with Crippen molar-refractivity contribution >= 4 is 11.6 Å². The Hall–Kier alpha value is -2.51. The molecular weight excluding hydrogens is 311 g/mol. The molecule has 23 heavy (non-hydrogen) atoms. The molecule has 2 aromatic rings.